The predicted molar refractivity (Wildman–Crippen MR) is 84.1 cm³/mol. The van der Waals surface area contributed by atoms with Gasteiger partial charge in [0.1, 0.15) is 0 Å². The molecule has 1 N–H and O–H groups in total. The van der Waals surface area contributed by atoms with Crippen molar-refractivity contribution in [3.05, 3.63) is 32.4 Å². The SMILES string of the molecule is CCC(CSC)NC(=O)c1ccc(I)c(Cl)c1. The van der Waals surface area contributed by atoms with Crippen LogP contribution in [0, 0.1) is 3.57 Å². The number of nitrogens with one attached hydrogen (secondary N) is 1. The summed E-state index contributed by atoms with van der Waals surface area (Å²) in [7, 11) is 0. The van der Waals surface area contributed by atoms with Crippen LogP contribution in [0.2, 0.25) is 5.02 Å². The summed E-state index contributed by atoms with van der Waals surface area (Å²) >= 11 is 9.88. The minimum atomic E-state index is -0.0517. The Kier molecular flexibility index (Phi) is 6.66. The van der Waals surface area contributed by atoms with Crippen LogP contribution in [-0.2, 0) is 0 Å². The van der Waals surface area contributed by atoms with Crippen LogP contribution in [0.15, 0.2) is 18.2 Å². The normalized spacial score (nSPS) is 12.2. The van der Waals surface area contributed by atoms with Gasteiger partial charge in [0.15, 0.2) is 0 Å². The van der Waals surface area contributed by atoms with Crippen molar-refractivity contribution >= 4 is 51.9 Å². The van der Waals surface area contributed by atoms with E-state index >= 15 is 0 Å². The van der Waals surface area contributed by atoms with E-state index in [1.807, 2.05) is 12.3 Å². The maximum absolute atomic E-state index is 12.0. The summed E-state index contributed by atoms with van der Waals surface area (Å²) in [5.74, 6) is 0.879. The average molecular weight is 384 g/mol. The average Bonchev–Trinajstić information content (AvgIpc) is 2.31. The van der Waals surface area contributed by atoms with E-state index in [9.17, 15) is 4.79 Å². The first-order valence-corrected chi connectivity index (χ1v) is 8.18. The van der Waals surface area contributed by atoms with Gasteiger partial charge in [0, 0.05) is 20.9 Å². The number of benzene rings is 1. The zero-order valence-corrected chi connectivity index (χ0v) is 13.5. The summed E-state index contributed by atoms with van der Waals surface area (Å²) in [6, 6.07) is 5.59. The molecule has 17 heavy (non-hydrogen) atoms. The molecule has 1 rings (SSSR count). The Morgan fingerprint density at radius 1 is 1.59 bits per heavy atom. The molecular formula is C12H15ClINOS. The molecule has 94 valence electrons. The molecule has 1 aromatic carbocycles. The molecule has 0 bridgehead atoms. The highest BCUT2D eigenvalue weighted by atomic mass is 127. The summed E-state index contributed by atoms with van der Waals surface area (Å²) in [6.45, 7) is 2.07. The Morgan fingerprint density at radius 2 is 2.29 bits per heavy atom. The van der Waals surface area contributed by atoms with Crippen LogP contribution in [-0.4, -0.2) is 24.0 Å². The van der Waals surface area contributed by atoms with Crippen LogP contribution in [0.4, 0.5) is 0 Å². The van der Waals surface area contributed by atoms with Crippen LogP contribution in [0.1, 0.15) is 23.7 Å². The standard InChI is InChI=1S/C12H15ClINOS/c1-3-9(7-17-2)15-12(16)8-4-5-11(14)10(13)6-8/h4-6,9H,3,7H2,1-2H3,(H,15,16). The van der Waals surface area contributed by atoms with Crippen molar-refractivity contribution in [2.75, 3.05) is 12.0 Å². The highest BCUT2D eigenvalue weighted by molar-refractivity contribution is 14.1. The number of halogens is 2. The molecule has 0 aliphatic carbocycles. The van der Waals surface area contributed by atoms with E-state index in [0.29, 0.717) is 10.6 Å². The fraction of sp³-hybridized carbons (Fsp3) is 0.417. The Labute approximate surface area is 125 Å². The smallest absolute Gasteiger partial charge is 0.251 e. The molecule has 2 nitrogen and oxygen atoms in total. The molecule has 1 amide bonds. The van der Waals surface area contributed by atoms with E-state index in [1.165, 1.54) is 0 Å². The lowest BCUT2D eigenvalue weighted by molar-refractivity contribution is 0.0940. The Hall–Kier alpha value is 0.0600. The number of hydrogen-bond donors (Lipinski definition) is 1. The fourth-order valence-electron chi connectivity index (χ4n) is 1.37. The van der Waals surface area contributed by atoms with Gasteiger partial charge < -0.3 is 5.32 Å². The predicted octanol–water partition coefficient (Wildman–Crippen LogP) is 3.82. The largest absolute Gasteiger partial charge is 0.348 e. The first-order valence-electron chi connectivity index (χ1n) is 5.33. The molecule has 0 radical (unpaired) electrons. The Morgan fingerprint density at radius 3 is 2.82 bits per heavy atom. The maximum Gasteiger partial charge on any atom is 0.251 e. The molecule has 1 aromatic rings. The van der Waals surface area contributed by atoms with Crippen LogP contribution in [0.3, 0.4) is 0 Å². The topological polar surface area (TPSA) is 29.1 Å². The number of amides is 1. The van der Waals surface area contributed by atoms with Gasteiger partial charge in [-0.15, -0.1) is 0 Å². The van der Waals surface area contributed by atoms with Gasteiger partial charge in [-0.3, -0.25) is 4.79 Å². The molecule has 0 saturated carbocycles. The molecule has 0 aliphatic heterocycles. The van der Waals surface area contributed by atoms with Gasteiger partial charge in [-0.05, 0) is 53.5 Å². The lowest BCUT2D eigenvalue weighted by Crippen LogP contribution is -2.36. The third-order valence-electron chi connectivity index (χ3n) is 2.38. The highest BCUT2D eigenvalue weighted by Gasteiger charge is 2.12. The summed E-state index contributed by atoms with van der Waals surface area (Å²) < 4.78 is 0.956. The number of hydrogen-bond acceptors (Lipinski definition) is 2. The summed E-state index contributed by atoms with van der Waals surface area (Å²) in [6.07, 6.45) is 2.97. The van der Waals surface area contributed by atoms with Crippen LogP contribution in [0.5, 0.6) is 0 Å². The van der Waals surface area contributed by atoms with Crippen LogP contribution >= 0.6 is 46.0 Å². The molecule has 0 heterocycles. The van der Waals surface area contributed by atoms with Crippen molar-refractivity contribution < 1.29 is 4.79 Å². The second-order valence-electron chi connectivity index (χ2n) is 3.66. The zero-order chi connectivity index (χ0) is 12.8. The first kappa shape index (κ1) is 15.1. The molecule has 0 aliphatic rings. The second-order valence-corrected chi connectivity index (χ2v) is 6.14. The van der Waals surface area contributed by atoms with E-state index in [-0.39, 0.29) is 11.9 Å². The summed E-state index contributed by atoms with van der Waals surface area (Å²) in [5.41, 5.74) is 0.620. The van der Waals surface area contributed by atoms with E-state index in [2.05, 4.69) is 34.8 Å². The minimum absolute atomic E-state index is 0.0517. The lowest BCUT2D eigenvalue weighted by atomic mass is 10.2. The summed E-state index contributed by atoms with van der Waals surface area (Å²) in [5, 5.41) is 3.63. The zero-order valence-electron chi connectivity index (χ0n) is 9.80. The van der Waals surface area contributed by atoms with Gasteiger partial charge in [0.25, 0.3) is 5.91 Å². The van der Waals surface area contributed by atoms with Crippen molar-refractivity contribution in [3.63, 3.8) is 0 Å². The van der Waals surface area contributed by atoms with Gasteiger partial charge in [0.05, 0.1) is 5.02 Å². The van der Waals surface area contributed by atoms with E-state index < -0.39 is 0 Å². The fourth-order valence-corrected chi connectivity index (χ4v) is 2.61. The lowest BCUT2D eigenvalue weighted by Gasteiger charge is -2.15. The monoisotopic (exact) mass is 383 g/mol. The molecular weight excluding hydrogens is 369 g/mol. The van der Waals surface area contributed by atoms with E-state index in [4.69, 9.17) is 11.6 Å². The van der Waals surface area contributed by atoms with Gasteiger partial charge in [-0.1, -0.05) is 18.5 Å². The van der Waals surface area contributed by atoms with Crippen LogP contribution in [0.25, 0.3) is 0 Å². The van der Waals surface area contributed by atoms with Crippen molar-refractivity contribution in [1.82, 2.24) is 5.32 Å². The number of thioether (sulfide) groups is 1. The number of carbonyl (C=O) groups excluding carboxylic acids is 1. The number of rotatable bonds is 5. The van der Waals surface area contributed by atoms with Crippen molar-refractivity contribution in [2.45, 2.75) is 19.4 Å². The molecule has 0 spiro atoms. The quantitative estimate of drug-likeness (QED) is 0.783. The van der Waals surface area contributed by atoms with Crippen molar-refractivity contribution in [1.29, 1.82) is 0 Å². The molecule has 0 aromatic heterocycles. The van der Waals surface area contributed by atoms with Gasteiger partial charge in [-0.25, -0.2) is 0 Å². The minimum Gasteiger partial charge on any atom is -0.348 e. The molecule has 5 heteroatoms. The molecule has 0 saturated heterocycles. The maximum atomic E-state index is 12.0. The van der Waals surface area contributed by atoms with Crippen LogP contribution < -0.4 is 5.32 Å². The summed E-state index contributed by atoms with van der Waals surface area (Å²) in [4.78, 5) is 12.0. The Balaban J connectivity index is 2.72. The van der Waals surface area contributed by atoms with Gasteiger partial charge >= 0.3 is 0 Å². The molecule has 0 fully saturated rings. The van der Waals surface area contributed by atoms with Crippen molar-refractivity contribution in [3.8, 4) is 0 Å². The third kappa shape index (κ3) is 4.67. The number of carbonyl (C=O) groups is 1. The first-order chi connectivity index (χ1) is 8.08. The van der Waals surface area contributed by atoms with Crippen molar-refractivity contribution in [2.24, 2.45) is 0 Å². The van der Waals surface area contributed by atoms with E-state index in [1.54, 1.807) is 23.9 Å². The molecule has 1 unspecified atom stereocenters. The Bertz CT molecular complexity index is 400. The third-order valence-corrected chi connectivity index (χ3v) is 4.69. The highest BCUT2D eigenvalue weighted by Crippen LogP contribution is 2.19. The second kappa shape index (κ2) is 7.48. The van der Waals surface area contributed by atoms with Gasteiger partial charge in [-0.2, -0.15) is 11.8 Å². The van der Waals surface area contributed by atoms with E-state index in [0.717, 1.165) is 15.7 Å². The molecule has 1 atom stereocenters. The van der Waals surface area contributed by atoms with Gasteiger partial charge in [0.2, 0.25) is 0 Å².